The lowest BCUT2D eigenvalue weighted by Gasteiger charge is -2.15. The van der Waals surface area contributed by atoms with E-state index in [4.69, 9.17) is 71.1 Å². The van der Waals surface area contributed by atoms with E-state index in [0.29, 0.717) is 38.1 Å². The third-order valence-electron chi connectivity index (χ3n) is 11.9. The lowest BCUT2D eigenvalue weighted by Crippen LogP contribution is -2.27. The van der Waals surface area contributed by atoms with Crippen LogP contribution in [0, 0.1) is 17.8 Å². The Kier molecular flexibility index (Phi) is 149. The summed E-state index contributed by atoms with van der Waals surface area (Å²) in [6.45, 7) is 78.6. The molecule has 0 saturated heterocycles. The highest BCUT2D eigenvalue weighted by Crippen LogP contribution is 2.05. The average molecular weight is 1490 g/mol. The van der Waals surface area contributed by atoms with Crippen molar-refractivity contribution < 1.29 is 99.8 Å². The quantitative estimate of drug-likeness (QED) is 0.0407. The Hall–Kier alpha value is -3.54. The number of carbonyl (C=O) groups is 6. The Labute approximate surface area is 632 Å². The van der Waals surface area contributed by atoms with Gasteiger partial charge in [0.25, 0.3) is 0 Å². The van der Waals surface area contributed by atoms with Crippen molar-refractivity contribution in [3.05, 3.63) is 0 Å². The van der Waals surface area contributed by atoms with Gasteiger partial charge in [-0.2, -0.15) is 0 Å². The third-order valence-corrected chi connectivity index (χ3v) is 11.9. The van der Waals surface area contributed by atoms with Gasteiger partial charge in [0.15, 0.2) is 0 Å². The van der Waals surface area contributed by atoms with E-state index in [9.17, 15) is 28.8 Å². The van der Waals surface area contributed by atoms with Gasteiger partial charge in [0.2, 0.25) is 0 Å². The summed E-state index contributed by atoms with van der Waals surface area (Å²) in [6, 6.07) is 0. The van der Waals surface area contributed by atoms with Crippen LogP contribution in [0.3, 0.4) is 0 Å². The molecule has 3 atom stereocenters. The fraction of sp³-hybridized carbons (Fsp3) is 0.926. The van der Waals surface area contributed by atoms with E-state index in [1.807, 2.05) is 62.3 Å². The molecule has 3 unspecified atom stereocenters. The number of carbonyl (C=O) groups excluding carboxylic acids is 6. The lowest BCUT2D eigenvalue weighted by atomic mass is 10.1. The topological polar surface area (TPSA) is 241 Å². The monoisotopic (exact) mass is 1490 g/mol. The van der Waals surface area contributed by atoms with Crippen LogP contribution in [0.5, 0.6) is 0 Å². The molecule has 0 aliphatic heterocycles. The average Bonchev–Trinajstić information content (AvgIpc) is 1.18. The van der Waals surface area contributed by atoms with E-state index >= 15 is 0 Å². The third kappa shape index (κ3) is 159. The van der Waals surface area contributed by atoms with Crippen molar-refractivity contribution in [1.29, 1.82) is 0 Å². The zero-order chi connectivity index (χ0) is 82.2. The van der Waals surface area contributed by atoms with Gasteiger partial charge >= 0.3 is 35.8 Å². The first kappa shape index (κ1) is 128. The van der Waals surface area contributed by atoms with Gasteiger partial charge in [-0.05, 0) is 119 Å². The fourth-order valence-corrected chi connectivity index (χ4v) is 5.99. The van der Waals surface area contributed by atoms with E-state index in [1.165, 1.54) is 86.5 Å². The predicted octanol–water partition coefficient (Wildman–Crippen LogP) is 20.1. The van der Waals surface area contributed by atoms with Crippen molar-refractivity contribution in [2.75, 3.05) is 119 Å². The molecule has 0 aromatic carbocycles. The summed E-state index contributed by atoms with van der Waals surface area (Å²) < 4.78 is 75.5. The smallest absolute Gasteiger partial charge is 0.302 e. The molecule has 0 aromatic rings. The van der Waals surface area contributed by atoms with E-state index < -0.39 is 0 Å². The van der Waals surface area contributed by atoms with Gasteiger partial charge in [0.1, 0.15) is 58.0 Å². The van der Waals surface area contributed by atoms with Gasteiger partial charge in [-0.15, -0.1) is 0 Å². The number of hydrogen-bond donors (Lipinski definition) is 0. The Morgan fingerprint density at radius 3 is 0.402 bits per heavy atom. The van der Waals surface area contributed by atoms with Crippen LogP contribution in [-0.2, 0) is 99.8 Å². The number of rotatable bonds is 42. The summed E-state index contributed by atoms with van der Waals surface area (Å²) in [5.74, 6) is -0.0694. The minimum Gasteiger partial charge on any atom is -0.463 e. The van der Waals surface area contributed by atoms with Crippen LogP contribution in [-0.4, -0.2) is 191 Å². The summed E-state index contributed by atoms with van der Waals surface area (Å²) in [6.07, 6.45) is 15.9. The first-order valence-electron chi connectivity index (χ1n) is 39.5. The van der Waals surface area contributed by atoms with E-state index in [-0.39, 0.29) is 93.8 Å². The number of esters is 6. The maximum Gasteiger partial charge on any atom is 0.302 e. The van der Waals surface area contributed by atoms with Crippen molar-refractivity contribution in [3.63, 3.8) is 0 Å². The summed E-state index contributed by atoms with van der Waals surface area (Å²) >= 11 is 0. The van der Waals surface area contributed by atoms with Crippen molar-refractivity contribution in [3.8, 4) is 0 Å². The Balaban J connectivity index is -0.0000000785. The molecule has 0 amide bonds. The van der Waals surface area contributed by atoms with Gasteiger partial charge in [-0.25, -0.2) is 0 Å². The van der Waals surface area contributed by atoms with Gasteiger partial charge in [0, 0.05) is 121 Å². The predicted molar refractivity (Wildman–Crippen MR) is 426 cm³/mol. The first-order chi connectivity index (χ1) is 48.3. The summed E-state index contributed by atoms with van der Waals surface area (Å²) in [7, 11) is 0. The standard InChI is InChI=1S/3C9H16O5.6C7H16O.4C3H8/c3*1-4-12-9(5-13-7(2)10)6-14-8(3)11;3*1-4-7(3)6-8-5-2;3*1-4-7(5-2)8-6-3;4*1-3-2/h3*9H,4-6H2,1-3H3;6*7H,4-6H2,1-3H3;4*3H2,1-2H3. The number of hydrogen-bond acceptors (Lipinski definition) is 21. The maximum atomic E-state index is 10.5. The van der Waals surface area contributed by atoms with Gasteiger partial charge in [0.05, 0.1) is 18.3 Å². The highest BCUT2D eigenvalue weighted by Gasteiger charge is 2.14. The van der Waals surface area contributed by atoms with Crippen molar-refractivity contribution in [2.24, 2.45) is 17.8 Å². The van der Waals surface area contributed by atoms with Crippen LogP contribution in [0.2, 0.25) is 0 Å². The highest BCUT2D eigenvalue weighted by atomic mass is 16.6. The van der Waals surface area contributed by atoms with Gasteiger partial charge < -0.3 is 71.1 Å². The van der Waals surface area contributed by atoms with E-state index in [1.54, 1.807) is 0 Å². The number of ether oxygens (including phenoxy) is 15. The van der Waals surface area contributed by atoms with E-state index in [2.05, 4.69) is 138 Å². The minimum atomic E-state index is -0.382. The molecule has 626 valence electrons. The molecule has 0 radical (unpaired) electrons. The zero-order valence-electron chi connectivity index (χ0n) is 73.7. The molecule has 0 aliphatic carbocycles. The molecule has 21 nitrogen and oxygen atoms in total. The Morgan fingerprint density at radius 2 is 0.324 bits per heavy atom. The summed E-state index contributed by atoms with van der Waals surface area (Å²) in [5, 5.41) is 0. The molecule has 102 heavy (non-hydrogen) atoms. The first-order valence-corrected chi connectivity index (χ1v) is 39.5. The molecule has 0 saturated carbocycles. The van der Waals surface area contributed by atoms with Gasteiger partial charge in [-0.3, -0.25) is 28.8 Å². The molecule has 0 spiro atoms. The van der Waals surface area contributed by atoms with Crippen LogP contribution in [0.15, 0.2) is 0 Å². The second-order valence-electron chi connectivity index (χ2n) is 23.1. The molecular formula is C81H176O21. The molecular weight excluding hydrogens is 1310 g/mol. The van der Waals surface area contributed by atoms with Gasteiger partial charge in [-0.1, -0.05) is 183 Å². The second kappa shape index (κ2) is 119. The van der Waals surface area contributed by atoms with Crippen LogP contribution in [0.25, 0.3) is 0 Å². The lowest BCUT2D eigenvalue weighted by molar-refractivity contribution is -0.153. The SMILES string of the molecule is CCC.CCC.CCC.CCC.CCOC(CC)CC.CCOC(CC)CC.CCOC(CC)CC.CCOC(COC(C)=O)COC(C)=O.CCOC(COC(C)=O)COC(C)=O.CCOC(COC(C)=O)COC(C)=O.CCOCC(C)CC.CCOCC(C)CC.CCOCC(C)CC. The Bertz CT molecular complexity index is 1290. The fourth-order valence-electron chi connectivity index (χ4n) is 5.99. The normalized spacial score (nSPS) is 10.6. The second-order valence-corrected chi connectivity index (χ2v) is 23.1. The molecule has 21 heteroatoms. The summed E-state index contributed by atoms with van der Waals surface area (Å²) in [5.41, 5.74) is 0. The molecule has 0 aromatic heterocycles. The molecule has 0 aliphatic rings. The Morgan fingerprint density at radius 1 is 0.196 bits per heavy atom. The molecule has 0 bridgehead atoms. The molecule has 0 N–H and O–H groups in total. The van der Waals surface area contributed by atoms with Crippen LogP contribution >= 0.6 is 0 Å². The minimum absolute atomic E-state index is 0.108. The van der Waals surface area contributed by atoms with Crippen LogP contribution in [0.1, 0.15) is 326 Å². The summed E-state index contributed by atoms with van der Waals surface area (Å²) in [4.78, 5) is 63.0. The van der Waals surface area contributed by atoms with Crippen LogP contribution < -0.4 is 0 Å². The van der Waals surface area contributed by atoms with E-state index in [0.717, 1.165) is 116 Å². The van der Waals surface area contributed by atoms with Crippen LogP contribution in [0.4, 0.5) is 0 Å². The molecule has 0 rings (SSSR count). The van der Waals surface area contributed by atoms with Crippen molar-refractivity contribution in [1.82, 2.24) is 0 Å². The van der Waals surface area contributed by atoms with Crippen molar-refractivity contribution in [2.45, 2.75) is 362 Å². The molecule has 0 fully saturated rings. The zero-order valence-corrected chi connectivity index (χ0v) is 73.7. The largest absolute Gasteiger partial charge is 0.463 e. The maximum absolute atomic E-state index is 10.5. The molecule has 0 heterocycles. The highest BCUT2D eigenvalue weighted by molar-refractivity contribution is 5.67. The van der Waals surface area contributed by atoms with Crippen molar-refractivity contribution >= 4 is 35.8 Å².